The number of rotatable bonds is 4. The highest BCUT2D eigenvalue weighted by atomic mass is 16.5. The second-order valence-corrected chi connectivity index (χ2v) is 8.08. The van der Waals surface area contributed by atoms with Crippen LogP contribution in [0, 0.1) is 11.8 Å². The average molecular weight is 329 g/mol. The molecule has 0 amide bonds. The van der Waals surface area contributed by atoms with Crippen molar-refractivity contribution in [1.82, 2.24) is 9.80 Å². The Morgan fingerprint density at radius 2 is 1.75 bits per heavy atom. The van der Waals surface area contributed by atoms with Crippen LogP contribution in [0.4, 0.5) is 0 Å². The number of benzene rings is 1. The van der Waals surface area contributed by atoms with Gasteiger partial charge < -0.3 is 4.74 Å². The molecule has 1 aromatic rings. The molecule has 0 N–H and O–H groups in total. The van der Waals surface area contributed by atoms with Crippen molar-refractivity contribution in [2.45, 2.75) is 51.1 Å². The van der Waals surface area contributed by atoms with Gasteiger partial charge in [0.15, 0.2) is 0 Å². The van der Waals surface area contributed by atoms with Crippen molar-refractivity contribution < 1.29 is 4.74 Å². The third kappa shape index (κ3) is 3.48. The Kier molecular flexibility index (Phi) is 5.09. The lowest BCUT2D eigenvalue weighted by Gasteiger charge is -2.52. The van der Waals surface area contributed by atoms with E-state index in [0.29, 0.717) is 0 Å². The van der Waals surface area contributed by atoms with Crippen molar-refractivity contribution in [2.75, 3.05) is 33.3 Å². The second kappa shape index (κ2) is 7.45. The van der Waals surface area contributed by atoms with Gasteiger partial charge in [-0.25, -0.2) is 0 Å². The Hall–Kier alpha value is -1.06. The van der Waals surface area contributed by atoms with Gasteiger partial charge in [0, 0.05) is 25.7 Å². The molecule has 2 atom stereocenters. The molecule has 0 radical (unpaired) electrons. The normalized spacial score (nSPS) is 31.8. The van der Waals surface area contributed by atoms with Crippen molar-refractivity contribution in [1.29, 1.82) is 0 Å². The van der Waals surface area contributed by atoms with Crippen molar-refractivity contribution in [3.63, 3.8) is 0 Å². The molecule has 1 aliphatic carbocycles. The third-order valence-electron chi connectivity index (χ3n) is 6.45. The highest BCUT2D eigenvalue weighted by molar-refractivity contribution is 5.28. The molecule has 4 rings (SSSR count). The summed E-state index contributed by atoms with van der Waals surface area (Å²) in [7, 11) is 1.76. The van der Waals surface area contributed by atoms with Crippen LogP contribution in [0.5, 0.6) is 5.75 Å². The number of methoxy groups -OCH3 is 1. The molecule has 1 aromatic carbocycles. The van der Waals surface area contributed by atoms with E-state index in [9.17, 15) is 0 Å². The molecule has 24 heavy (non-hydrogen) atoms. The molecular formula is C21H32N2O. The standard InChI is InChI=1S/C21H32N2O/c1-24-20-10-5-7-17(13-20)14-22-15-18-8-6-9-19(16-22)21(18)23-11-3-2-4-12-23/h5,7,10,13,18-19,21H,2-4,6,8-9,11-12,14-16H2,1H3. The molecule has 3 heteroatoms. The molecule has 2 unspecified atom stereocenters. The fourth-order valence-electron chi connectivity index (χ4n) is 5.48. The summed E-state index contributed by atoms with van der Waals surface area (Å²) >= 11 is 0. The van der Waals surface area contributed by atoms with Gasteiger partial charge in [-0.2, -0.15) is 0 Å². The van der Waals surface area contributed by atoms with Gasteiger partial charge in [-0.1, -0.05) is 25.0 Å². The van der Waals surface area contributed by atoms with Gasteiger partial charge in [0.1, 0.15) is 5.75 Å². The van der Waals surface area contributed by atoms with Gasteiger partial charge in [0.05, 0.1) is 7.11 Å². The lowest BCUT2D eigenvalue weighted by atomic mass is 9.72. The lowest BCUT2D eigenvalue weighted by Crippen LogP contribution is -2.58. The number of fused-ring (bicyclic) bond motifs is 2. The van der Waals surface area contributed by atoms with Gasteiger partial charge in [0.25, 0.3) is 0 Å². The number of nitrogens with zero attached hydrogens (tertiary/aromatic N) is 2. The summed E-state index contributed by atoms with van der Waals surface area (Å²) in [5.74, 6) is 2.76. The number of likely N-dealkylation sites (tertiary alicyclic amines) is 2. The first-order chi connectivity index (χ1) is 11.8. The van der Waals surface area contributed by atoms with E-state index in [2.05, 4.69) is 28.0 Å². The minimum Gasteiger partial charge on any atom is -0.497 e. The quantitative estimate of drug-likeness (QED) is 0.836. The molecule has 2 saturated heterocycles. The number of ether oxygens (including phenoxy) is 1. The highest BCUT2D eigenvalue weighted by Gasteiger charge is 2.42. The fraction of sp³-hybridized carbons (Fsp3) is 0.714. The summed E-state index contributed by atoms with van der Waals surface area (Å²) in [6.45, 7) is 6.36. The minimum absolute atomic E-state index is 0.876. The van der Waals surface area contributed by atoms with Crippen LogP contribution in [-0.4, -0.2) is 49.1 Å². The summed E-state index contributed by atoms with van der Waals surface area (Å²) in [5, 5.41) is 0. The highest BCUT2D eigenvalue weighted by Crippen LogP contribution is 2.39. The van der Waals surface area contributed by atoms with Gasteiger partial charge in [-0.15, -0.1) is 0 Å². The summed E-state index contributed by atoms with van der Waals surface area (Å²) in [5.41, 5.74) is 1.39. The molecule has 1 saturated carbocycles. The Bertz CT molecular complexity index is 526. The van der Waals surface area contributed by atoms with E-state index in [4.69, 9.17) is 4.74 Å². The van der Waals surface area contributed by atoms with Crippen LogP contribution in [0.3, 0.4) is 0 Å². The maximum Gasteiger partial charge on any atom is 0.119 e. The van der Waals surface area contributed by atoms with Crippen molar-refractivity contribution in [2.24, 2.45) is 11.8 Å². The molecule has 132 valence electrons. The summed E-state index contributed by atoms with van der Waals surface area (Å²) in [4.78, 5) is 5.57. The maximum absolute atomic E-state index is 5.39. The second-order valence-electron chi connectivity index (χ2n) is 8.08. The van der Waals surface area contributed by atoms with E-state index >= 15 is 0 Å². The Labute approximate surface area is 147 Å². The third-order valence-corrected chi connectivity index (χ3v) is 6.45. The maximum atomic E-state index is 5.39. The zero-order chi connectivity index (χ0) is 16.4. The SMILES string of the molecule is COc1cccc(CN2CC3CCCC(C2)C3N2CCCCC2)c1. The first-order valence-corrected chi connectivity index (χ1v) is 9.93. The smallest absolute Gasteiger partial charge is 0.119 e. The molecule has 2 heterocycles. The molecule has 3 nitrogen and oxygen atoms in total. The number of piperidine rings is 2. The van der Waals surface area contributed by atoms with Gasteiger partial charge in [0.2, 0.25) is 0 Å². The predicted octanol–water partition coefficient (Wildman–Crippen LogP) is 3.78. The summed E-state index contributed by atoms with van der Waals surface area (Å²) in [6.07, 6.45) is 8.61. The zero-order valence-electron chi connectivity index (χ0n) is 15.1. The van der Waals surface area contributed by atoms with E-state index < -0.39 is 0 Å². The molecule has 2 aliphatic heterocycles. The van der Waals surface area contributed by atoms with Crippen molar-refractivity contribution >= 4 is 0 Å². The first-order valence-electron chi connectivity index (χ1n) is 9.93. The molecule has 2 bridgehead atoms. The van der Waals surface area contributed by atoms with Crippen LogP contribution >= 0.6 is 0 Å². The zero-order valence-corrected chi connectivity index (χ0v) is 15.1. The van der Waals surface area contributed by atoms with E-state index in [-0.39, 0.29) is 0 Å². The van der Waals surface area contributed by atoms with Crippen molar-refractivity contribution in [3.8, 4) is 5.75 Å². The summed E-state index contributed by atoms with van der Waals surface area (Å²) in [6, 6.07) is 9.48. The topological polar surface area (TPSA) is 15.7 Å². The fourth-order valence-corrected chi connectivity index (χ4v) is 5.48. The lowest BCUT2D eigenvalue weighted by molar-refractivity contribution is -0.0290. The molecular weight excluding hydrogens is 296 g/mol. The molecule has 3 fully saturated rings. The van der Waals surface area contributed by atoms with Gasteiger partial charge in [-0.05, 0) is 68.3 Å². The van der Waals surface area contributed by atoms with Crippen LogP contribution < -0.4 is 4.74 Å². The largest absolute Gasteiger partial charge is 0.497 e. The average Bonchev–Trinajstić information content (AvgIpc) is 2.62. The van der Waals surface area contributed by atoms with Crippen LogP contribution in [-0.2, 0) is 6.54 Å². The predicted molar refractivity (Wildman–Crippen MR) is 98.3 cm³/mol. The number of hydrogen-bond acceptors (Lipinski definition) is 3. The first kappa shape index (κ1) is 16.4. The Morgan fingerprint density at radius 3 is 2.46 bits per heavy atom. The van der Waals surface area contributed by atoms with Crippen LogP contribution in [0.2, 0.25) is 0 Å². The Morgan fingerprint density at radius 1 is 1.00 bits per heavy atom. The van der Waals surface area contributed by atoms with E-state index in [1.165, 1.54) is 70.3 Å². The molecule has 0 spiro atoms. The monoisotopic (exact) mass is 328 g/mol. The van der Waals surface area contributed by atoms with Gasteiger partial charge in [-0.3, -0.25) is 9.80 Å². The Balaban J connectivity index is 1.43. The van der Waals surface area contributed by atoms with Gasteiger partial charge >= 0.3 is 0 Å². The van der Waals surface area contributed by atoms with Crippen LogP contribution in [0.15, 0.2) is 24.3 Å². The number of hydrogen-bond donors (Lipinski definition) is 0. The van der Waals surface area contributed by atoms with E-state index in [1.54, 1.807) is 7.11 Å². The van der Waals surface area contributed by atoms with Crippen molar-refractivity contribution in [3.05, 3.63) is 29.8 Å². The van der Waals surface area contributed by atoms with E-state index in [0.717, 1.165) is 30.2 Å². The van der Waals surface area contributed by atoms with Crippen LogP contribution in [0.1, 0.15) is 44.1 Å². The molecule has 3 aliphatic rings. The summed E-state index contributed by atoms with van der Waals surface area (Å²) < 4.78 is 5.39. The molecule has 0 aromatic heterocycles. The minimum atomic E-state index is 0.876. The van der Waals surface area contributed by atoms with E-state index in [1.807, 2.05) is 6.07 Å². The van der Waals surface area contributed by atoms with Crippen LogP contribution in [0.25, 0.3) is 0 Å².